The molecule has 2 spiro atoms. The van der Waals surface area contributed by atoms with Gasteiger partial charge in [-0.25, -0.2) is 0 Å². The molecule has 3 heterocycles. The summed E-state index contributed by atoms with van der Waals surface area (Å²) in [4.78, 5) is 13.8. The topological polar surface area (TPSA) is 315 Å². The molecule has 0 bridgehead atoms. The molecule has 386 valence electrons. The summed E-state index contributed by atoms with van der Waals surface area (Å²) in [7, 11) is 0. The van der Waals surface area contributed by atoms with E-state index < -0.39 is 140 Å². The Morgan fingerprint density at radius 1 is 0.687 bits per heavy atom. The number of aliphatic hydroxyl groups is 12. The van der Waals surface area contributed by atoms with Crippen molar-refractivity contribution in [2.75, 3.05) is 13.2 Å². The van der Waals surface area contributed by atoms with Gasteiger partial charge in [0.05, 0.1) is 37.6 Å². The van der Waals surface area contributed by atoms with E-state index in [1.807, 2.05) is 0 Å². The van der Waals surface area contributed by atoms with E-state index in [9.17, 15) is 66.1 Å². The largest absolute Gasteiger partial charge is 0.394 e. The predicted molar refractivity (Wildman–Crippen MR) is 232 cm³/mol. The van der Waals surface area contributed by atoms with Gasteiger partial charge in [0.15, 0.2) is 24.7 Å². The molecule has 5 aliphatic carbocycles. The Labute approximate surface area is 392 Å². The van der Waals surface area contributed by atoms with Crippen LogP contribution in [0.15, 0.2) is 0 Å². The third-order valence-corrected chi connectivity index (χ3v) is 19.7. The first kappa shape index (κ1) is 52.3. The second-order valence-electron chi connectivity index (χ2n) is 23.7. The van der Waals surface area contributed by atoms with E-state index in [1.165, 1.54) is 6.92 Å². The number of hydrogen-bond acceptors (Lipinski definition) is 19. The average Bonchev–Trinajstić information content (AvgIpc) is 3.86. The van der Waals surface area contributed by atoms with Crippen molar-refractivity contribution < 1.29 is 94.5 Å². The summed E-state index contributed by atoms with van der Waals surface area (Å²) in [6, 6.07) is 0. The maximum absolute atomic E-state index is 13.8. The molecule has 8 fully saturated rings. The molecule has 0 aromatic carbocycles. The zero-order chi connectivity index (χ0) is 49.3. The molecular weight excluding hydrogens is 881 g/mol. The van der Waals surface area contributed by atoms with Gasteiger partial charge in [-0.2, -0.15) is 0 Å². The Kier molecular flexibility index (Phi) is 14.2. The molecule has 0 unspecified atom stereocenters. The molecule has 0 radical (unpaired) electrons. The van der Waals surface area contributed by atoms with E-state index in [4.69, 9.17) is 28.4 Å². The Morgan fingerprint density at radius 2 is 1.28 bits per heavy atom. The Bertz CT molecular complexity index is 1790. The third kappa shape index (κ3) is 8.04. The van der Waals surface area contributed by atoms with Crippen LogP contribution in [0.3, 0.4) is 0 Å². The highest BCUT2D eigenvalue weighted by Gasteiger charge is 2.84. The summed E-state index contributed by atoms with van der Waals surface area (Å²) in [5.41, 5.74) is -3.12. The van der Waals surface area contributed by atoms with Gasteiger partial charge in [0, 0.05) is 6.42 Å². The number of carbonyl (C=O) groups excluding carboxylic acids is 1. The summed E-state index contributed by atoms with van der Waals surface area (Å²) in [6.45, 7) is 14.1. The van der Waals surface area contributed by atoms with Crippen molar-refractivity contribution in [3.05, 3.63) is 0 Å². The number of aliphatic hydroxyl groups excluding tert-OH is 12. The highest BCUT2D eigenvalue weighted by molar-refractivity contribution is 5.86. The number of ether oxygens (including phenoxy) is 6. The van der Waals surface area contributed by atoms with Crippen LogP contribution in [0, 0.1) is 50.7 Å². The van der Waals surface area contributed by atoms with Crippen LogP contribution in [-0.4, -0.2) is 196 Å². The van der Waals surface area contributed by atoms with Crippen LogP contribution in [0.4, 0.5) is 0 Å². The van der Waals surface area contributed by atoms with Crippen LogP contribution >= 0.6 is 0 Å². The molecule has 3 saturated heterocycles. The molecular formula is C48H80O19. The fraction of sp³-hybridized carbons (Fsp3) is 0.979. The quantitative estimate of drug-likeness (QED) is 0.0984. The van der Waals surface area contributed by atoms with Crippen molar-refractivity contribution in [3.63, 3.8) is 0 Å². The normalized spacial score (nSPS) is 54.3. The smallest absolute Gasteiger partial charge is 0.187 e. The molecule has 0 amide bonds. The van der Waals surface area contributed by atoms with Gasteiger partial charge in [0.1, 0.15) is 72.7 Å². The van der Waals surface area contributed by atoms with E-state index in [1.54, 1.807) is 13.8 Å². The van der Waals surface area contributed by atoms with Crippen LogP contribution < -0.4 is 0 Å². The summed E-state index contributed by atoms with van der Waals surface area (Å²) in [5.74, 6) is -0.628. The highest BCUT2D eigenvalue weighted by Crippen LogP contribution is 2.89. The molecule has 19 heteroatoms. The van der Waals surface area contributed by atoms with Gasteiger partial charge >= 0.3 is 0 Å². The molecule has 26 atom stereocenters. The van der Waals surface area contributed by atoms with E-state index in [0.717, 1.165) is 25.7 Å². The minimum atomic E-state index is -1.70. The second-order valence-corrected chi connectivity index (χ2v) is 23.7. The summed E-state index contributed by atoms with van der Waals surface area (Å²) >= 11 is 0. The minimum Gasteiger partial charge on any atom is -0.394 e. The third-order valence-electron chi connectivity index (χ3n) is 19.7. The van der Waals surface area contributed by atoms with Crippen LogP contribution in [0.5, 0.6) is 0 Å². The molecule has 8 aliphatic rings. The SMILES string of the molecule is C[C@H](CCC(=O)C(C)(C)O[C@@H]1O[C@H](CO)[C@@H](O)[C@H](O)[C@H]1O)[C@H]1[C@@H](O)C[C@@]2(C)[C@@H]3[C@@H](O)C[C@H]4C(C)(C)[C@@H](O[C@@H]5O[C@H](CO)[C@@H](O)[C@H](O)[C@H]5O[C@@H]5O[C@@H](C)[C@H](O)[C@@H](O)[C@H]5O)CC[C@@]45C[C@@]35CC[C@]12C. The van der Waals surface area contributed by atoms with Crippen LogP contribution in [0.1, 0.15) is 113 Å². The molecule has 67 heavy (non-hydrogen) atoms. The second kappa shape index (κ2) is 18.2. The lowest BCUT2D eigenvalue weighted by Crippen LogP contribution is -2.65. The lowest BCUT2D eigenvalue weighted by molar-refractivity contribution is -0.375. The first-order valence-corrected chi connectivity index (χ1v) is 24.7. The van der Waals surface area contributed by atoms with Crippen molar-refractivity contribution in [1.29, 1.82) is 0 Å². The van der Waals surface area contributed by atoms with E-state index in [-0.39, 0.29) is 52.1 Å². The lowest BCUT2D eigenvalue weighted by Gasteiger charge is -2.64. The molecule has 5 saturated carbocycles. The van der Waals surface area contributed by atoms with E-state index in [0.29, 0.717) is 25.7 Å². The van der Waals surface area contributed by atoms with Gasteiger partial charge in [0.25, 0.3) is 0 Å². The van der Waals surface area contributed by atoms with E-state index >= 15 is 0 Å². The van der Waals surface area contributed by atoms with E-state index in [2.05, 4.69) is 34.6 Å². The summed E-state index contributed by atoms with van der Waals surface area (Å²) in [5, 5.41) is 129. The molecule has 0 aromatic rings. The maximum atomic E-state index is 13.8. The van der Waals surface area contributed by atoms with Crippen molar-refractivity contribution in [3.8, 4) is 0 Å². The van der Waals surface area contributed by atoms with Crippen molar-refractivity contribution in [2.45, 2.75) is 229 Å². The molecule has 8 rings (SSSR count). The van der Waals surface area contributed by atoms with Crippen LogP contribution in [0.25, 0.3) is 0 Å². The van der Waals surface area contributed by atoms with Gasteiger partial charge < -0.3 is 89.7 Å². The van der Waals surface area contributed by atoms with Gasteiger partial charge in [-0.3, -0.25) is 4.79 Å². The van der Waals surface area contributed by atoms with Crippen molar-refractivity contribution in [1.82, 2.24) is 0 Å². The monoisotopic (exact) mass is 961 g/mol. The molecule has 0 aromatic heterocycles. The van der Waals surface area contributed by atoms with Gasteiger partial charge in [-0.05, 0) is 123 Å². The number of carbonyl (C=O) groups is 1. The number of ketones is 1. The van der Waals surface area contributed by atoms with Gasteiger partial charge in [0.2, 0.25) is 0 Å². The van der Waals surface area contributed by atoms with Gasteiger partial charge in [-0.1, -0.05) is 34.6 Å². The fourth-order valence-electron chi connectivity index (χ4n) is 15.8. The Balaban J connectivity index is 0.956. The number of Topliss-reactive ketones (excluding diaryl/α,β-unsaturated/α-hetero) is 1. The lowest BCUT2D eigenvalue weighted by atomic mass is 9.41. The van der Waals surface area contributed by atoms with Gasteiger partial charge in [-0.15, -0.1) is 0 Å². The minimum absolute atomic E-state index is 0.00617. The van der Waals surface area contributed by atoms with Crippen LogP contribution in [-0.2, 0) is 33.2 Å². The average molecular weight is 961 g/mol. The number of hydrogen-bond donors (Lipinski definition) is 12. The Morgan fingerprint density at radius 3 is 1.93 bits per heavy atom. The number of rotatable bonds is 13. The molecule has 12 N–H and O–H groups in total. The fourth-order valence-corrected chi connectivity index (χ4v) is 15.8. The molecule has 19 nitrogen and oxygen atoms in total. The predicted octanol–water partition coefficient (Wildman–Crippen LogP) is -1.02. The van der Waals surface area contributed by atoms with Crippen molar-refractivity contribution >= 4 is 5.78 Å². The zero-order valence-electron chi connectivity index (χ0n) is 40.2. The summed E-state index contributed by atoms with van der Waals surface area (Å²) in [6.07, 6.45) is -18.2. The Hall–Kier alpha value is -1.05. The zero-order valence-corrected chi connectivity index (χ0v) is 40.2. The highest BCUT2D eigenvalue weighted by atomic mass is 16.8. The first-order chi connectivity index (χ1) is 31.2. The number of fused-ring (bicyclic) bond motifs is 2. The van der Waals surface area contributed by atoms with Crippen molar-refractivity contribution in [2.24, 2.45) is 50.7 Å². The first-order valence-electron chi connectivity index (χ1n) is 24.7. The van der Waals surface area contributed by atoms with Crippen LogP contribution in [0.2, 0.25) is 0 Å². The standard InChI is InChI=1S/C48H80O19/c1-20(9-10-27(53)44(5,6)67-41-37(61)34(58)31(55)24(17-49)63-41)29-23(52)16-46(8)39-22(51)15-26-43(3,4)28(11-12-47(26)19-48(39,47)14-13-45(29,46)7)65-42-38(35(59)32(56)25(18-50)64-42)66-40-36(60)33(57)30(54)21(2)62-40/h20-26,28-42,49-52,54-61H,9-19H2,1-8H3/t20-,21+,22+,23+,24-,25-,26+,28+,29+,30+,31-,32-,33-,34+,35+,36-,37-,38-,39+,40+,41+,42+,45-,46+,47-,48+/m1/s1. The molecule has 3 aliphatic heterocycles. The summed E-state index contributed by atoms with van der Waals surface area (Å²) < 4.78 is 35.9. The maximum Gasteiger partial charge on any atom is 0.187 e.